The smallest absolute Gasteiger partial charge is 0.220 e. The van der Waals surface area contributed by atoms with Crippen LogP contribution in [0.5, 0.6) is 0 Å². The molecule has 0 saturated carbocycles. The van der Waals surface area contributed by atoms with Gasteiger partial charge in [0.15, 0.2) is 0 Å². The van der Waals surface area contributed by atoms with Gasteiger partial charge in [0.2, 0.25) is 5.91 Å². The van der Waals surface area contributed by atoms with E-state index < -0.39 is 0 Å². The van der Waals surface area contributed by atoms with Crippen molar-refractivity contribution >= 4 is 18.3 Å². The number of rotatable bonds is 4. The van der Waals surface area contributed by atoms with E-state index in [1.165, 1.54) is 0 Å². The fourth-order valence-electron chi connectivity index (χ4n) is 2.28. The molecule has 1 amide bonds. The SMILES string of the molecule is C[C@@H](NC(=O)CC1CCNC1)c1ccccc1.Cl. The Morgan fingerprint density at radius 1 is 1.44 bits per heavy atom. The summed E-state index contributed by atoms with van der Waals surface area (Å²) in [4.78, 5) is 11.8. The summed E-state index contributed by atoms with van der Waals surface area (Å²) < 4.78 is 0. The third-order valence-electron chi connectivity index (χ3n) is 3.31. The zero-order valence-electron chi connectivity index (χ0n) is 10.7. The van der Waals surface area contributed by atoms with Crippen molar-refractivity contribution in [1.29, 1.82) is 0 Å². The summed E-state index contributed by atoms with van der Waals surface area (Å²) in [6, 6.07) is 10.2. The van der Waals surface area contributed by atoms with Gasteiger partial charge in [-0.2, -0.15) is 0 Å². The van der Waals surface area contributed by atoms with Gasteiger partial charge >= 0.3 is 0 Å². The minimum absolute atomic E-state index is 0. The van der Waals surface area contributed by atoms with Crippen LogP contribution in [0.25, 0.3) is 0 Å². The monoisotopic (exact) mass is 268 g/mol. The van der Waals surface area contributed by atoms with E-state index in [-0.39, 0.29) is 24.4 Å². The van der Waals surface area contributed by atoms with Gasteiger partial charge < -0.3 is 10.6 Å². The molecule has 2 N–H and O–H groups in total. The summed E-state index contributed by atoms with van der Waals surface area (Å²) in [7, 11) is 0. The Kier molecular flexibility index (Phi) is 6.16. The molecule has 1 saturated heterocycles. The lowest BCUT2D eigenvalue weighted by atomic mass is 10.0. The number of hydrogen-bond acceptors (Lipinski definition) is 2. The van der Waals surface area contributed by atoms with Crippen LogP contribution in [0.2, 0.25) is 0 Å². The highest BCUT2D eigenvalue weighted by Gasteiger charge is 2.19. The fraction of sp³-hybridized carbons (Fsp3) is 0.500. The number of carbonyl (C=O) groups excluding carboxylic acids is 1. The largest absolute Gasteiger partial charge is 0.350 e. The fourth-order valence-corrected chi connectivity index (χ4v) is 2.28. The first kappa shape index (κ1) is 15.0. The molecule has 1 aliphatic rings. The van der Waals surface area contributed by atoms with Crippen LogP contribution in [0.4, 0.5) is 0 Å². The summed E-state index contributed by atoms with van der Waals surface area (Å²) in [6.45, 7) is 4.06. The molecule has 0 spiro atoms. The summed E-state index contributed by atoms with van der Waals surface area (Å²) in [5, 5.41) is 6.34. The zero-order chi connectivity index (χ0) is 12.1. The highest BCUT2D eigenvalue weighted by Crippen LogP contribution is 2.15. The number of benzene rings is 1. The van der Waals surface area contributed by atoms with Gasteiger partial charge in [-0.3, -0.25) is 4.79 Å². The molecule has 1 heterocycles. The minimum atomic E-state index is 0. The molecule has 100 valence electrons. The van der Waals surface area contributed by atoms with Crippen LogP contribution >= 0.6 is 12.4 Å². The maximum Gasteiger partial charge on any atom is 0.220 e. The molecule has 1 fully saturated rings. The predicted octanol–water partition coefficient (Wildman–Crippen LogP) is 2.29. The predicted molar refractivity (Wildman–Crippen MR) is 75.8 cm³/mol. The molecule has 0 bridgehead atoms. The van der Waals surface area contributed by atoms with Gasteiger partial charge in [0.1, 0.15) is 0 Å². The molecule has 1 unspecified atom stereocenters. The quantitative estimate of drug-likeness (QED) is 0.880. The van der Waals surface area contributed by atoms with Crippen LogP contribution in [0.1, 0.15) is 31.4 Å². The van der Waals surface area contributed by atoms with Crippen molar-refractivity contribution in [2.45, 2.75) is 25.8 Å². The molecule has 4 heteroatoms. The average molecular weight is 269 g/mol. The first-order chi connectivity index (χ1) is 8.25. The lowest BCUT2D eigenvalue weighted by molar-refractivity contribution is -0.122. The van der Waals surface area contributed by atoms with E-state index in [0.717, 1.165) is 25.1 Å². The molecular formula is C14H21ClN2O. The Balaban J connectivity index is 0.00000162. The van der Waals surface area contributed by atoms with E-state index in [4.69, 9.17) is 0 Å². The van der Waals surface area contributed by atoms with Crippen LogP contribution in [-0.4, -0.2) is 19.0 Å². The average Bonchev–Trinajstić information content (AvgIpc) is 2.82. The first-order valence-electron chi connectivity index (χ1n) is 6.30. The van der Waals surface area contributed by atoms with Crippen molar-refractivity contribution in [2.75, 3.05) is 13.1 Å². The Morgan fingerprint density at radius 3 is 2.78 bits per heavy atom. The van der Waals surface area contributed by atoms with Gasteiger partial charge in [0.05, 0.1) is 6.04 Å². The molecule has 0 aliphatic carbocycles. The van der Waals surface area contributed by atoms with Gasteiger partial charge in [-0.05, 0) is 37.9 Å². The summed E-state index contributed by atoms with van der Waals surface area (Å²) in [5.74, 6) is 0.674. The third-order valence-corrected chi connectivity index (χ3v) is 3.31. The zero-order valence-corrected chi connectivity index (χ0v) is 11.5. The highest BCUT2D eigenvalue weighted by atomic mass is 35.5. The van der Waals surface area contributed by atoms with Gasteiger partial charge in [-0.25, -0.2) is 0 Å². The second-order valence-corrected chi connectivity index (χ2v) is 4.76. The highest BCUT2D eigenvalue weighted by molar-refractivity contribution is 5.85. The van der Waals surface area contributed by atoms with E-state index in [2.05, 4.69) is 10.6 Å². The molecule has 0 aromatic heterocycles. The van der Waals surface area contributed by atoms with Gasteiger partial charge in [-0.1, -0.05) is 30.3 Å². The van der Waals surface area contributed by atoms with Crippen LogP contribution in [0, 0.1) is 5.92 Å². The number of hydrogen-bond donors (Lipinski definition) is 2. The van der Waals surface area contributed by atoms with E-state index >= 15 is 0 Å². The van der Waals surface area contributed by atoms with Gasteiger partial charge in [-0.15, -0.1) is 12.4 Å². The van der Waals surface area contributed by atoms with Crippen LogP contribution in [-0.2, 0) is 4.79 Å². The standard InChI is InChI=1S/C14H20N2O.ClH/c1-11(13-5-3-2-4-6-13)16-14(17)9-12-7-8-15-10-12;/h2-6,11-12,15H,7-10H2,1H3,(H,16,17);1H/t11-,12?;/m1./s1. The number of carbonyl (C=O) groups is 1. The summed E-state index contributed by atoms with van der Waals surface area (Å²) in [6.07, 6.45) is 1.76. The molecule has 2 rings (SSSR count). The van der Waals surface area contributed by atoms with E-state index in [0.29, 0.717) is 12.3 Å². The lowest BCUT2D eigenvalue weighted by Gasteiger charge is -2.15. The van der Waals surface area contributed by atoms with E-state index in [1.807, 2.05) is 37.3 Å². The number of nitrogens with one attached hydrogen (secondary N) is 2. The van der Waals surface area contributed by atoms with Crippen LogP contribution in [0.3, 0.4) is 0 Å². The van der Waals surface area contributed by atoms with Crippen molar-refractivity contribution in [3.05, 3.63) is 35.9 Å². The van der Waals surface area contributed by atoms with Crippen molar-refractivity contribution in [1.82, 2.24) is 10.6 Å². The Bertz CT molecular complexity index is 363. The Morgan fingerprint density at radius 2 is 2.17 bits per heavy atom. The molecule has 3 nitrogen and oxygen atoms in total. The molecule has 2 atom stereocenters. The Hall–Kier alpha value is -1.06. The van der Waals surface area contributed by atoms with Crippen molar-refractivity contribution in [2.24, 2.45) is 5.92 Å². The van der Waals surface area contributed by atoms with Crippen molar-refractivity contribution in [3.63, 3.8) is 0 Å². The van der Waals surface area contributed by atoms with Gasteiger partial charge in [0, 0.05) is 6.42 Å². The van der Waals surface area contributed by atoms with E-state index in [9.17, 15) is 4.79 Å². The van der Waals surface area contributed by atoms with Crippen LogP contribution < -0.4 is 10.6 Å². The molecular weight excluding hydrogens is 248 g/mol. The van der Waals surface area contributed by atoms with E-state index in [1.54, 1.807) is 0 Å². The maximum absolute atomic E-state index is 11.8. The Labute approximate surface area is 115 Å². The number of amides is 1. The van der Waals surface area contributed by atoms with Gasteiger partial charge in [0.25, 0.3) is 0 Å². The minimum Gasteiger partial charge on any atom is -0.350 e. The molecule has 1 aliphatic heterocycles. The second kappa shape index (κ2) is 7.39. The summed E-state index contributed by atoms with van der Waals surface area (Å²) >= 11 is 0. The number of halogens is 1. The van der Waals surface area contributed by atoms with Crippen LogP contribution in [0.15, 0.2) is 30.3 Å². The molecule has 1 aromatic rings. The van der Waals surface area contributed by atoms with Crippen molar-refractivity contribution in [3.8, 4) is 0 Å². The topological polar surface area (TPSA) is 41.1 Å². The first-order valence-corrected chi connectivity index (χ1v) is 6.30. The van der Waals surface area contributed by atoms with Crippen molar-refractivity contribution < 1.29 is 4.79 Å². The lowest BCUT2D eigenvalue weighted by Crippen LogP contribution is -2.28. The molecule has 0 radical (unpaired) electrons. The maximum atomic E-state index is 11.8. The normalized spacial score (nSPS) is 19.9. The third kappa shape index (κ3) is 4.31. The molecule has 1 aromatic carbocycles. The molecule has 18 heavy (non-hydrogen) atoms. The second-order valence-electron chi connectivity index (χ2n) is 4.76. The summed E-state index contributed by atoms with van der Waals surface area (Å²) in [5.41, 5.74) is 1.16.